The second-order valence-corrected chi connectivity index (χ2v) is 3.68. The van der Waals surface area contributed by atoms with Crippen molar-refractivity contribution in [1.29, 1.82) is 0 Å². The summed E-state index contributed by atoms with van der Waals surface area (Å²) in [6.07, 6.45) is 1.66. The van der Waals surface area contributed by atoms with Crippen molar-refractivity contribution >= 4 is 0 Å². The van der Waals surface area contributed by atoms with Crippen LogP contribution >= 0.6 is 0 Å². The van der Waals surface area contributed by atoms with Gasteiger partial charge in [-0.1, -0.05) is 48.9 Å². The third-order valence-corrected chi connectivity index (χ3v) is 2.79. The van der Waals surface area contributed by atoms with Crippen LogP contribution in [0, 0.1) is 5.92 Å². The quantitative estimate of drug-likeness (QED) is 0.725. The van der Waals surface area contributed by atoms with Gasteiger partial charge in [0, 0.05) is 5.92 Å². The molecule has 1 aromatic carbocycles. The molecule has 2 atom stereocenters. The van der Waals surface area contributed by atoms with Crippen molar-refractivity contribution in [2.75, 3.05) is 0 Å². The topological polar surface area (TPSA) is 20.2 Å². The summed E-state index contributed by atoms with van der Waals surface area (Å²) < 4.78 is 0. The van der Waals surface area contributed by atoms with Crippen molar-refractivity contribution in [3.63, 3.8) is 0 Å². The number of hydrogen-bond donors (Lipinski definition) is 1. The monoisotopic (exact) mass is 190 g/mol. The van der Waals surface area contributed by atoms with Crippen LogP contribution in [0.2, 0.25) is 0 Å². The van der Waals surface area contributed by atoms with Gasteiger partial charge in [-0.2, -0.15) is 0 Å². The van der Waals surface area contributed by atoms with Crippen molar-refractivity contribution < 1.29 is 5.11 Å². The maximum Gasteiger partial charge on any atom is 0.0852 e. The van der Waals surface area contributed by atoms with Gasteiger partial charge in [-0.05, 0) is 19.4 Å². The average Bonchev–Trinajstić information content (AvgIpc) is 2.27. The number of aliphatic hydroxyl groups is 1. The lowest BCUT2D eigenvalue weighted by Gasteiger charge is -2.19. The number of rotatable bonds is 3. The molecule has 0 bridgehead atoms. The molecule has 0 spiro atoms. The average molecular weight is 190 g/mol. The second kappa shape index (κ2) is 4.97. The molecule has 76 valence electrons. The van der Waals surface area contributed by atoms with E-state index in [4.69, 9.17) is 0 Å². The van der Waals surface area contributed by atoms with E-state index in [2.05, 4.69) is 13.0 Å². The first-order valence-electron chi connectivity index (χ1n) is 5.02. The zero-order chi connectivity index (χ0) is 10.6. The number of benzene rings is 1. The highest BCUT2D eigenvalue weighted by Gasteiger charge is 2.16. The van der Waals surface area contributed by atoms with Crippen molar-refractivity contribution in [2.45, 2.75) is 26.9 Å². The van der Waals surface area contributed by atoms with Gasteiger partial charge in [-0.3, -0.25) is 0 Å². The van der Waals surface area contributed by atoms with E-state index < -0.39 is 6.10 Å². The molecule has 0 aliphatic rings. The lowest BCUT2D eigenvalue weighted by molar-refractivity contribution is 0.134. The van der Waals surface area contributed by atoms with Crippen LogP contribution in [0.5, 0.6) is 0 Å². The fraction of sp³-hybridized carbons (Fsp3) is 0.385. The maximum absolute atomic E-state index is 10.0. The number of allylic oxidation sites excluding steroid dienone is 1. The van der Waals surface area contributed by atoms with Crippen LogP contribution in [0.15, 0.2) is 42.0 Å². The Morgan fingerprint density at radius 2 is 1.86 bits per heavy atom. The Balaban J connectivity index is 2.81. The third-order valence-electron chi connectivity index (χ3n) is 2.79. The normalized spacial score (nSPS) is 16.4. The van der Waals surface area contributed by atoms with E-state index in [0.29, 0.717) is 0 Å². The minimum Gasteiger partial charge on any atom is -0.388 e. The molecular weight excluding hydrogens is 172 g/mol. The summed E-state index contributed by atoms with van der Waals surface area (Å²) in [5.41, 5.74) is 2.21. The molecule has 1 N–H and O–H groups in total. The van der Waals surface area contributed by atoms with Gasteiger partial charge in [0.05, 0.1) is 6.10 Å². The van der Waals surface area contributed by atoms with E-state index in [-0.39, 0.29) is 5.92 Å². The maximum atomic E-state index is 10.0. The highest BCUT2D eigenvalue weighted by atomic mass is 16.3. The van der Waals surface area contributed by atoms with E-state index >= 15 is 0 Å². The Morgan fingerprint density at radius 1 is 1.29 bits per heavy atom. The van der Waals surface area contributed by atoms with Crippen molar-refractivity contribution in [3.8, 4) is 0 Å². The molecule has 1 heteroatoms. The lowest BCUT2D eigenvalue weighted by atomic mass is 9.91. The number of hydrogen-bond acceptors (Lipinski definition) is 1. The van der Waals surface area contributed by atoms with Crippen LogP contribution in [-0.2, 0) is 0 Å². The first-order chi connectivity index (χ1) is 6.66. The zero-order valence-corrected chi connectivity index (χ0v) is 9.07. The standard InChI is InChI=1S/C13H18O/c1-4-10(2)11(3)13(14)12-8-6-5-7-9-12/h4-9,11,13-14H,1-3H3/b10-4+/t11-,13-/m0/s1. The SMILES string of the molecule is C/C=C(\C)[C@H](C)[C@H](O)c1ccccc1. The largest absolute Gasteiger partial charge is 0.388 e. The van der Waals surface area contributed by atoms with Crippen LogP contribution < -0.4 is 0 Å². The molecule has 0 saturated carbocycles. The van der Waals surface area contributed by atoms with Gasteiger partial charge in [-0.25, -0.2) is 0 Å². The van der Waals surface area contributed by atoms with Gasteiger partial charge in [0.15, 0.2) is 0 Å². The van der Waals surface area contributed by atoms with Gasteiger partial charge in [-0.15, -0.1) is 0 Å². The first kappa shape index (κ1) is 11.0. The van der Waals surface area contributed by atoms with Gasteiger partial charge in [0.1, 0.15) is 0 Å². The van der Waals surface area contributed by atoms with Gasteiger partial charge >= 0.3 is 0 Å². The van der Waals surface area contributed by atoms with Crippen LogP contribution in [0.25, 0.3) is 0 Å². The highest BCUT2D eigenvalue weighted by molar-refractivity contribution is 5.20. The van der Waals surface area contributed by atoms with E-state index in [0.717, 1.165) is 5.56 Å². The van der Waals surface area contributed by atoms with Crippen LogP contribution in [0.3, 0.4) is 0 Å². The Morgan fingerprint density at radius 3 is 2.36 bits per heavy atom. The molecule has 0 radical (unpaired) electrons. The fourth-order valence-electron chi connectivity index (χ4n) is 1.45. The van der Waals surface area contributed by atoms with Gasteiger partial charge < -0.3 is 5.11 Å². The van der Waals surface area contributed by atoms with Gasteiger partial charge in [0.2, 0.25) is 0 Å². The Kier molecular flexibility index (Phi) is 3.90. The minimum absolute atomic E-state index is 0.183. The molecular formula is C13H18O. The highest BCUT2D eigenvalue weighted by Crippen LogP contribution is 2.26. The van der Waals surface area contributed by atoms with E-state index in [1.54, 1.807) is 0 Å². The predicted octanol–water partition coefficient (Wildman–Crippen LogP) is 3.32. The molecule has 14 heavy (non-hydrogen) atoms. The summed E-state index contributed by atoms with van der Waals surface area (Å²) in [6, 6.07) is 9.80. The Labute approximate surface area is 86.1 Å². The Bertz CT molecular complexity index is 300. The molecule has 1 rings (SSSR count). The summed E-state index contributed by atoms with van der Waals surface area (Å²) >= 11 is 0. The lowest BCUT2D eigenvalue weighted by Crippen LogP contribution is -2.10. The summed E-state index contributed by atoms with van der Waals surface area (Å²) in [4.78, 5) is 0. The molecule has 1 aromatic rings. The molecule has 0 aliphatic carbocycles. The summed E-state index contributed by atoms with van der Waals surface area (Å²) in [6.45, 7) is 6.10. The smallest absolute Gasteiger partial charge is 0.0852 e. The predicted molar refractivity (Wildman–Crippen MR) is 60.0 cm³/mol. The van der Waals surface area contributed by atoms with Crippen molar-refractivity contribution in [1.82, 2.24) is 0 Å². The van der Waals surface area contributed by atoms with Gasteiger partial charge in [0.25, 0.3) is 0 Å². The molecule has 0 heterocycles. The van der Waals surface area contributed by atoms with Crippen molar-refractivity contribution in [3.05, 3.63) is 47.5 Å². The van der Waals surface area contributed by atoms with Crippen LogP contribution in [-0.4, -0.2) is 5.11 Å². The molecule has 0 saturated heterocycles. The molecule has 1 nitrogen and oxygen atoms in total. The van der Waals surface area contributed by atoms with E-state index in [9.17, 15) is 5.11 Å². The summed E-state index contributed by atoms with van der Waals surface area (Å²) in [5.74, 6) is 0.183. The number of aliphatic hydroxyl groups excluding tert-OH is 1. The summed E-state index contributed by atoms with van der Waals surface area (Å²) in [5, 5.41) is 10.0. The molecule has 0 aromatic heterocycles. The Hall–Kier alpha value is -1.08. The van der Waals surface area contributed by atoms with Crippen LogP contribution in [0.1, 0.15) is 32.4 Å². The third kappa shape index (κ3) is 2.46. The zero-order valence-electron chi connectivity index (χ0n) is 9.07. The molecule has 0 amide bonds. The molecule has 0 aliphatic heterocycles. The van der Waals surface area contributed by atoms with E-state index in [1.807, 2.05) is 44.2 Å². The van der Waals surface area contributed by atoms with Crippen LogP contribution in [0.4, 0.5) is 0 Å². The molecule has 0 unspecified atom stereocenters. The minimum atomic E-state index is -0.396. The van der Waals surface area contributed by atoms with Crippen molar-refractivity contribution in [2.24, 2.45) is 5.92 Å². The fourth-order valence-corrected chi connectivity index (χ4v) is 1.45. The van der Waals surface area contributed by atoms with E-state index in [1.165, 1.54) is 5.57 Å². The summed E-state index contributed by atoms with van der Waals surface area (Å²) in [7, 11) is 0. The second-order valence-electron chi connectivity index (χ2n) is 3.68. The molecule has 0 fully saturated rings. The first-order valence-corrected chi connectivity index (χ1v) is 5.02.